The zero-order valence-corrected chi connectivity index (χ0v) is 16.0. The average Bonchev–Trinajstić information content (AvgIpc) is 2.70. The minimum atomic E-state index is -0.766. The molecular formula is C22H27FN2O2. The number of carbonyl (C=O) groups excluding carboxylic acids is 1. The van der Waals surface area contributed by atoms with Gasteiger partial charge in [-0.15, -0.1) is 0 Å². The number of amides is 1. The summed E-state index contributed by atoms with van der Waals surface area (Å²) < 4.78 is 19.3. The number of rotatable bonds is 6. The summed E-state index contributed by atoms with van der Waals surface area (Å²) in [5.41, 5.74) is 1.82. The van der Waals surface area contributed by atoms with Crippen molar-refractivity contribution in [3.05, 3.63) is 59.9 Å². The van der Waals surface area contributed by atoms with E-state index in [4.69, 9.17) is 4.74 Å². The molecule has 1 amide bonds. The standard InChI is InChI=1S/C22H27FN2O2/c1-3-25(4-2)20-10-8-19(9-11-20)24-21(26)22(12-14-27-15-13-22)17-6-5-7-18(23)16-17/h5-11,16H,3-4,12-15H2,1-2H3,(H,24,26). The van der Waals surface area contributed by atoms with Crippen molar-refractivity contribution in [3.63, 3.8) is 0 Å². The van der Waals surface area contributed by atoms with Gasteiger partial charge in [-0.3, -0.25) is 4.79 Å². The first kappa shape index (κ1) is 19.4. The van der Waals surface area contributed by atoms with Gasteiger partial charge in [0.15, 0.2) is 0 Å². The molecule has 144 valence electrons. The van der Waals surface area contributed by atoms with Gasteiger partial charge in [-0.2, -0.15) is 0 Å². The molecule has 0 bridgehead atoms. The highest BCUT2D eigenvalue weighted by molar-refractivity contribution is 5.99. The van der Waals surface area contributed by atoms with E-state index in [1.54, 1.807) is 6.07 Å². The van der Waals surface area contributed by atoms with Crippen LogP contribution >= 0.6 is 0 Å². The van der Waals surface area contributed by atoms with E-state index in [-0.39, 0.29) is 11.7 Å². The van der Waals surface area contributed by atoms with E-state index >= 15 is 0 Å². The molecular weight excluding hydrogens is 343 g/mol. The Morgan fingerprint density at radius 3 is 2.37 bits per heavy atom. The van der Waals surface area contributed by atoms with Crippen molar-refractivity contribution in [2.24, 2.45) is 0 Å². The smallest absolute Gasteiger partial charge is 0.235 e. The molecule has 1 aliphatic heterocycles. The molecule has 0 atom stereocenters. The molecule has 0 aliphatic carbocycles. The Morgan fingerprint density at radius 1 is 1.11 bits per heavy atom. The molecule has 1 aliphatic rings. The lowest BCUT2D eigenvalue weighted by Crippen LogP contribution is -2.44. The topological polar surface area (TPSA) is 41.6 Å². The number of anilines is 2. The van der Waals surface area contributed by atoms with Gasteiger partial charge in [-0.1, -0.05) is 12.1 Å². The van der Waals surface area contributed by atoms with E-state index in [0.29, 0.717) is 31.6 Å². The van der Waals surface area contributed by atoms with Crippen LogP contribution in [-0.4, -0.2) is 32.2 Å². The van der Waals surface area contributed by atoms with Crippen molar-refractivity contribution in [2.75, 3.05) is 36.5 Å². The molecule has 4 nitrogen and oxygen atoms in total. The summed E-state index contributed by atoms with van der Waals surface area (Å²) in [6.45, 7) is 7.09. The van der Waals surface area contributed by atoms with E-state index in [9.17, 15) is 9.18 Å². The predicted octanol–water partition coefficient (Wildman–Crippen LogP) is 4.36. The van der Waals surface area contributed by atoms with Crippen molar-refractivity contribution in [1.29, 1.82) is 0 Å². The van der Waals surface area contributed by atoms with Crippen molar-refractivity contribution >= 4 is 17.3 Å². The van der Waals surface area contributed by atoms with Crippen LogP contribution in [0.3, 0.4) is 0 Å². The second-order valence-corrected chi connectivity index (χ2v) is 6.88. The molecule has 1 heterocycles. The lowest BCUT2D eigenvalue weighted by molar-refractivity contribution is -0.125. The van der Waals surface area contributed by atoms with Gasteiger partial charge in [0, 0.05) is 37.7 Å². The third kappa shape index (κ3) is 4.14. The summed E-state index contributed by atoms with van der Waals surface area (Å²) in [6.07, 6.45) is 1.08. The Balaban J connectivity index is 1.83. The molecule has 2 aromatic rings. The molecule has 3 rings (SSSR count). The second kappa shape index (κ2) is 8.53. The number of halogens is 1. The highest BCUT2D eigenvalue weighted by Gasteiger charge is 2.42. The average molecular weight is 370 g/mol. The molecule has 5 heteroatoms. The first-order valence-corrected chi connectivity index (χ1v) is 9.59. The van der Waals surface area contributed by atoms with Crippen LogP contribution in [0.2, 0.25) is 0 Å². The maximum atomic E-state index is 13.8. The molecule has 27 heavy (non-hydrogen) atoms. The summed E-state index contributed by atoms with van der Waals surface area (Å²) in [4.78, 5) is 15.5. The Labute approximate surface area is 160 Å². The van der Waals surface area contributed by atoms with Crippen molar-refractivity contribution < 1.29 is 13.9 Å². The summed E-state index contributed by atoms with van der Waals surface area (Å²) in [5, 5.41) is 3.04. The van der Waals surface area contributed by atoms with Gasteiger partial charge in [0.2, 0.25) is 5.91 Å². The van der Waals surface area contributed by atoms with E-state index in [0.717, 1.165) is 24.5 Å². The fourth-order valence-corrected chi connectivity index (χ4v) is 3.75. The zero-order chi connectivity index (χ0) is 19.3. The van der Waals surface area contributed by atoms with Gasteiger partial charge in [0.05, 0.1) is 5.41 Å². The summed E-state index contributed by atoms with van der Waals surface area (Å²) in [5.74, 6) is -0.429. The number of carbonyl (C=O) groups is 1. The van der Waals surface area contributed by atoms with E-state index in [1.807, 2.05) is 30.3 Å². The molecule has 0 saturated carbocycles. The summed E-state index contributed by atoms with van der Waals surface area (Å²) >= 11 is 0. The van der Waals surface area contributed by atoms with E-state index in [1.165, 1.54) is 12.1 Å². The number of nitrogens with one attached hydrogen (secondary N) is 1. The lowest BCUT2D eigenvalue weighted by atomic mass is 9.73. The van der Waals surface area contributed by atoms with Crippen molar-refractivity contribution in [1.82, 2.24) is 0 Å². The van der Waals surface area contributed by atoms with Crippen LogP contribution in [0.15, 0.2) is 48.5 Å². The van der Waals surface area contributed by atoms with Crippen LogP contribution in [0.25, 0.3) is 0 Å². The third-order valence-corrected chi connectivity index (χ3v) is 5.41. The molecule has 1 fully saturated rings. The number of ether oxygens (including phenoxy) is 1. The fourth-order valence-electron chi connectivity index (χ4n) is 3.75. The van der Waals surface area contributed by atoms with Crippen LogP contribution in [0.1, 0.15) is 32.3 Å². The quantitative estimate of drug-likeness (QED) is 0.821. The Morgan fingerprint density at radius 2 is 1.78 bits per heavy atom. The normalized spacial score (nSPS) is 16.0. The number of nitrogens with zero attached hydrogens (tertiary/aromatic N) is 1. The van der Waals surface area contributed by atoms with Gasteiger partial charge < -0.3 is 15.0 Å². The largest absolute Gasteiger partial charge is 0.381 e. The van der Waals surface area contributed by atoms with Gasteiger partial charge >= 0.3 is 0 Å². The molecule has 1 saturated heterocycles. The van der Waals surface area contributed by atoms with E-state index in [2.05, 4.69) is 24.1 Å². The molecule has 2 aromatic carbocycles. The van der Waals surface area contributed by atoms with Crippen LogP contribution in [0, 0.1) is 5.82 Å². The molecule has 1 N–H and O–H groups in total. The minimum Gasteiger partial charge on any atom is -0.381 e. The number of hydrogen-bond donors (Lipinski definition) is 1. The van der Waals surface area contributed by atoms with Gasteiger partial charge in [0.1, 0.15) is 5.82 Å². The first-order valence-electron chi connectivity index (χ1n) is 9.59. The van der Waals surface area contributed by atoms with E-state index < -0.39 is 5.41 Å². The number of hydrogen-bond acceptors (Lipinski definition) is 3. The summed E-state index contributed by atoms with van der Waals surface area (Å²) in [6, 6.07) is 14.2. The van der Waals surface area contributed by atoms with Gasteiger partial charge in [-0.05, 0) is 68.7 Å². The highest BCUT2D eigenvalue weighted by atomic mass is 19.1. The monoisotopic (exact) mass is 370 g/mol. The molecule has 0 aromatic heterocycles. The Kier molecular flexibility index (Phi) is 6.11. The maximum absolute atomic E-state index is 13.8. The molecule has 0 spiro atoms. The van der Waals surface area contributed by atoms with Crippen LogP contribution < -0.4 is 10.2 Å². The Bertz CT molecular complexity index is 766. The predicted molar refractivity (Wildman–Crippen MR) is 107 cm³/mol. The first-order chi connectivity index (χ1) is 13.1. The van der Waals surface area contributed by atoms with Gasteiger partial charge in [0.25, 0.3) is 0 Å². The van der Waals surface area contributed by atoms with Crippen molar-refractivity contribution in [3.8, 4) is 0 Å². The summed E-state index contributed by atoms with van der Waals surface area (Å²) in [7, 11) is 0. The Hall–Kier alpha value is -2.40. The van der Waals surface area contributed by atoms with Crippen LogP contribution in [-0.2, 0) is 14.9 Å². The SMILES string of the molecule is CCN(CC)c1ccc(NC(=O)C2(c3cccc(F)c3)CCOCC2)cc1. The second-order valence-electron chi connectivity index (χ2n) is 6.88. The zero-order valence-electron chi connectivity index (χ0n) is 16.0. The van der Waals surface area contributed by atoms with Crippen LogP contribution in [0.5, 0.6) is 0 Å². The number of benzene rings is 2. The molecule has 0 unspecified atom stereocenters. The fraction of sp³-hybridized carbons (Fsp3) is 0.409. The van der Waals surface area contributed by atoms with Crippen molar-refractivity contribution in [2.45, 2.75) is 32.1 Å². The lowest BCUT2D eigenvalue weighted by Gasteiger charge is -2.36. The van der Waals surface area contributed by atoms with Crippen LogP contribution in [0.4, 0.5) is 15.8 Å². The third-order valence-electron chi connectivity index (χ3n) is 5.41. The highest BCUT2D eigenvalue weighted by Crippen LogP contribution is 2.36. The maximum Gasteiger partial charge on any atom is 0.235 e. The molecule has 0 radical (unpaired) electrons. The minimum absolute atomic E-state index is 0.105. The van der Waals surface area contributed by atoms with Gasteiger partial charge in [-0.25, -0.2) is 4.39 Å².